The molecule has 1 unspecified atom stereocenters. The van der Waals surface area contributed by atoms with Gasteiger partial charge in [0.15, 0.2) is 0 Å². The molecule has 18 heavy (non-hydrogen) atoms. The molecule has 2 aromatic rings. The molecule has 3 nitrogen and oxygen atoms in total. The molecule has 2 N–H and O–H groups in total. The summed E-state index contributed by atoms with van der Waals surface area (Å²) >= 11 is 12.1. The van der Waals surface area contributed by atoms with Crippen LogP contribution in [0.25, 0.3) is 0 Å². The molecule has 0 saturated heterocycles. The van der Waals surface area contributed by atoms with E-state index in [1.165, 1.54) is 18.3 Å². The second-order valence-corrected chi connectivity index (χ2v) is 4.65. The van der Waals surface area contributed by atoms with Crippen LogP contribution < -0.4 is 5.73 Å². The number of nitrogens with zero attached hydrogens (tertiary/aromatic N) is 2. The van der Waals surface area contributed by atoms with E-state index in [1.54, 1.807) is 10.7 Å². The van der Waals surface area contributed by atoms with Gasteiger partial charge in [0, 0.05) is 11.6 Å². The number of halogens is 3. The van der Waals surface area contributed by atoms with Crippen molar-refractivity contribution < 1.29 is 4.39 Å². The zero-order valence-corrected chi connectivity index (χ0v) is 11.2. The van der Waals surface area contributed by atoms with Crippen molar-refractivity contribution in [2.45, 2.75) is 19.5 Å². The highest BCUT2D eigenvalue weighted by Crippen LogP contribution is 2.30. The number of aryl methyl sites for hydroxylation is 1. The van der Waals surface area contributed by atoms with E-state index in [-0.39, 0.29) is 5.02 Å². The van der Waals surface area contributed by atoms with Gasteiger partial charge in [0.2, 0.25) is 0 Å². The van der Waals surface area contributed by atoms with E-state index in [0.717, 1.165) is 0 Å². The average Bonchev–Trinajstić information content (AvgIpc) is 2.69. The maximum Gasteiger partial charge on any atom is 0.124 e. The lowest BCUT2D eigenvalue weighted by Crippen LogP contribution is -2.18. The summed E-state index contributed by atoms with van der Waals surface area (Å²) in [6.07, 6.45) is 1.54. The van der Waals surface area contributed by atoms with Crippen molar-refractivity contribution >= 4 is 23.2 Å². The van der Waals surface area contributed by atoms with E-state index in [2.05, 4.69) is 5.10 Å². The number of aromatic nitrogens is 2. The average molecular weight is 288 g/mol. The van der Waals surface area contributed by atoms with Crippen LogP contribution in [0.1, 0.15) is 24.2 Å². The van der Waals surface area contributed by atoms with Gasteiger partial charge in [-0.25, -0.2) is 4.39 Å². The van der Waals surface area contributed by atoms with E-state index in [0.29, 0.717) is 22.8 Å². The molecule has 0 aliphatic carbocycles. The standard InChI is InChI=1S/C12H12Cl2FN3/c1-2-18-12(10(14)6-17-18)11(16)8-4-3-7(15)5-9(8)13/h3-6,11H,2,16H2,1H3. The molecule has 1 atom stereocenters. The van der Waals surface area contributed by atoms with Gasteiger partial charge in [-0.15, -0.1) is 0 Å². The molecule has 1 heterocycles. The summed E-state index contributed by atoms with van der Waals surface area (Å²) in [5.74, 6) is -0.397. The van der Waals surface area contributed by atoms with Crippen molar-refractivity contribution in [1.82, 2.24) is 9.78 Å². The lowest BCUT2D eigenvalue weighted by molar-refractivity contribution is 0.598. The van der Waals surface area contributed by atoms with Gasteiger partial charge in [-0.1, -0.05) is 29.3 Å². The quantitative estimate of drug-likeness (QED) is 0.940. The van der Waals surface area contributed by atoms with Crippen LogP contribution in [0.2, 0.25) is 10.0 Å². The smallest absolute Gasteiger partial charge is 0.124 e. The Morgan fingerprint density at radius 1 is 1.39 bits per heavy atom. The Balaban J connectivity index is 2.47. The first-order valence-electron chi connectivity index (χ1n) is 5.46. The molecule has 96 valence electrons. The van der Waals surface area contributed by atoms with Gasteiger partial charge >= 0.3 is 0 Å². The van der Waals surface area contributed by atoms with Crippen molar-refractivity contribution in [3.8, 4) is 0 Å². The molecule has 0 spiro atoms. The lowest BCUT2D eigenvalue weighted by Gasteiger charge is -2.16. The lowest BCUT2D eigenvalue weighted by atomic mass is 10.0. The third-order valence-electron chi connectivity index (χ3n) is 2.72. The Morgan fingerprint density at radius 2 is 2.11 bits per heavy atom. The van der Waals surface area contributed by atoms with Crippen molar-refractivity contribution in [2.75, 3.05) is 0 Å². The number of benzene rings is 1. The third-order valence-corrected chi connectivity index (χ3v) is 3.34. The molecule has 0 saturated carbocycles. The van der Waals surface area contributed by atoms with Crippen molar-refractivity contribution in [1.29, 1.82) is 0 Å². The van der Waals surface area contributed by atoms with E-state index in [9.17, 15) is 4.39 Å². The van der Waals surface area contributed by atoms with Crippen LogP contribution in [0, 0.1) is 5.82 Å². The van der Waals surface area contributed by atoms with E-state index in [1.807, 2.05) is 6.92 Å². The Morgan fingerprint density at radius 3 is 2.72 bits per heavy atom. The number of hydrogen-bond acceptors (Lipinski definition) is 2. The molecule has 2 rings (SSSR count). The van der Waals surface area contributed by atoms with Gasteiger partial charge in [0.05, 0.1) is 23.0 Å². The Labute approximate surface area is 114 Å². The number of nitrogens with two attached hydrogens (primary N) is 1. The third kappa shape index (κ3) is 2.36. The Bertz CT molecular complexity index is 568. The highest BCUT2D eigenvalue weighted by Gasteiger charge is 2.20. The predicted molar refractivity (Wildman–Crippen MR) is 70.4 cm³/mol. The summed E-state index contributed by atoms with van der Waals surface area (Å²) in [6, 6.07) is 3.58. The topological polar surface area (TPSA) is 43.8 Å². The summed E-state index contributed by atoms with van der Waals surface area (Å²) in [5.41, 5.74) is 7.43. The highest BCUT2D eigenvalue weighted by molar-refractivity contribution is 6.32. The Hall–Kier alpha value is -1.10. The normalized spacial score (nSPS) is 12.7. The van der Waals surface area contributed by atoms with Crippen LogP contribution in [0.5, 0.6) is 0 Å². The molecule has 0 amide bonds. The van der Waals surface area contributed by atoms with Crippen molar-refractivity contribution in [3.63, 3.8) is 0 Å². The van der Waals surface area contributed by atoms with Gasteiger partial charge in [-0.05, 0) is 24.6 Å². The maximum absolute atomic E-state index is 13.0. The summed E-state index contributed by atoms with van der Waals surface area (Å²) in [5, 5.41) is 4.87. The molecule has 0 aliphatic heterocycles. The van der Waals surface area contributed by atoms with E-state index >= 15 is 0 Å². The van der Waals surface area contributed by atoms with Crippen molar-refractivity contribution in [3.05, 3.63) is 51.5 Å². The van der Waals surface area contributed by atoms with Gasteiger partial charge in [0.25, 0.3) is 0 Å². The Kier molecular flexibility index (Phi) is 3.90. The molecule has 1 aromatic carbocycles. The fourth-order valence-electron chi connectivity index (χ4n) is 1.83. The van der Waals surface area contributed by atoms with Crippen LogP contribution in [0.15, 0.2) is 24.4 Å². The summed E-state index contributed by atoms with van der Waals surface area (Å²) < 4.78 is 14.7. The predicted octanol–water partition coefficient (Wildman–Crippen LogP) is 3.40. The first kappa shape index (κ1) is 13.3. The molecule has 0 radical (unpaired) electrons. The molecular weight excluding hydrogens is 276 g/mol. The SMILES string of the molecule is CCn1ncc(Cl)c1C(N)c1ccc(F)cc1Cl. The van der Waals surface area contributed by atoms with Gasteiger partial charge < -0.3 is 5.73 Å². The second kappa shape index (κ2) is 5.26. The summed E-state index contributed by atoms with van der Waals surface area (Å²) in [7, 11) is 0. The fourth-order valence-corrected chi connectivity index (χ4v) is 2.38. The van der Waals surface area contributed by atoms with Crippen LogP contribution in [0.3, 0.4) is 0 Å². The van der Waals surface area contributed by atoms with Gasteiger partial charge in [0.1, 0.15) is 5.82 Å². The van der Waals surface area contributed by atoms with Gasteiger partial charge in [-0.3, -0.25) is 4.68 Å². The minimum absolute atomic E-state index is 0.280. The minimum Gasteiger partial charge on any atom is -0.319 e. The van der Waals surface area contributed by atoms with Crippen molar-refractivity contribution in [2.24, 2.45) is 5.73 Å². The first-order chi connectivity index (χ1) is 8.54. The zero-order valence-electron chi connectivity index (χ0n) is 9.70. The van der Waals surface area contributed by atoms with E-state index in [4.69, 9.17) is 28.9 Å². The van der Waals surface area contributed by atoms with Crippen LogP contribution >= 0.6 is 23.2 Å². The van der Waals surface area contributed by atoms with E-state index < -0.39 is 11.9 Å². The molecule has 0 fully saturated rings. The summed E-state index contributed by atoms with van der Waals surface area (Å²) in [6.45, 7) is 2.58. The second-order valence-electron chi connectivity index (χ2n) is 3.84. The fraction of sp³-hybridized carbons (Fsp3) is 0.250. The minimum atomic E-state index is -0.534. The monoisotopic (exact) mass is 287 g/mol. The largest absolute Gasteiger partial charge is 0.319 e. The number of hydrogen-bond donors (Lipinski definition) is 1. The van der Waals surface area contributed by atoms with Gasteiger partial charge in [-0.2, -0.15) is 5.10 Å². The number of rotatable bonds is 3. The summed E-state index contributed by atoms with van der Waals surface area (Å²) in [4.78, 5) is 0. The molecular formula is C12H12Cl2FN3. The maximum atomic E-state index is 13.0. The molecule has 0 bridgehead atoms. The van der Waals surface area contributed by atoms with Crippen LogP contribution in [-0.2, 0) is 6.54 Å². The molecule has 6 heteroatoms. The molecule has 0 aliphatic rings. The zero-order chi connectivity index (χ0) is 13.3. The van der Waals surface area contributed by atoms with Crippen LogP contribution in [0.4, 0.5) is 4.39 Å². The van der Waals surface area contributed by atoms with Crippen LogP contribution in [-0.4, -0.2) is 9.78 Å². The molecule has 1 aromatic heterocycles. The first-order valence-corrected chi connectivity index (χ1v) is 6.22. The highest BCUT2D eigenvalue weighted by atomic mass is 35.5.